The normalized spacial score (nSPS) is 10.6. The lowest BCUT2D eigenvalue weighted by Gasteiger charge is -2.05. The van der Waals surface area contributed by atoms with E-state index in [-0.39, 0.29) is 17.1 Å². The van der Waals surface area contributed by atoms with E-state index >= 15 is 0 Å². The summed E-state index contributed by atoms with van der Waals surface area (Å²) in [5, 5.41) is 8.72. The fourth-order valence-corrected chi connectivity index (χ4v) is 1.78. The third-order valence-corrected chi connectivity index (χ3v) is 2.80. The van der Waals surface area contributed by atoms with E-state index in [0.29, 0.717) is 12.1 Å². The third kappa shape index (κ3) is 2.61. The van der Waals surface area contributed by atoms with Gasteiger partial charge in [-0.25, -0.2) is 8.78 Å². The SMILES string of the molecule is CCCc1[nH]nc(C(=O)Nc2cccc(F)c2F)c1N. The molecule has 0 aliphatic rings. The Hall–Kier alpha value is -2.44. The Morgan fingerprint density at radius 3 is 2.90 bits per heavy atom. The van der Waals surface area contributed by atoms with Gasteiger partial charge in [0.1, 0.15) is 0 Å². The van der Waals surface area contributed by atoms with Crippen LogP contribution in [0.5, 0.6) is 0 Å². The number of nitrogens with zero attached hydrogens (tertiary/aromatic N) is 1. The van der Waals surface area contributed by atoms with Crippen molar-refractivity contribution in [3.63, 3.8) is 0 Å². The van der Waals surface area contributed by atoms with Gasteiger partial charge in [0.15, 0.2) is 17.3 Å². The lowest BCUT2D eigenvalue weighted by molar-refractivity contribution is 0.102. The second-order valence-corrected chi connectivity index (χ2v) is 4.27. The van der Waals surface area contributed by atoms with Gasteiger partial charge < -0.3 is 11.1 Å². The van der Waals surface area contributed by atoms with Crippen LogP contribution in [0.2, 0.25) is 0 Å². The van der Waals surface area contributed by atoms with E-state index in [2.05, 4.69) is 15.5 Å². The summed E-state index contributed by atoms with van der Waals surface area (Å²) in [7, 11) is 0. The van der Waals surface area contributed by atoms with Crippen molar-refractivity contribution < 1.29 is 13.6 Å². The van der Waals surface area contributed by atoms with Crippen molar-refractivity contribution in [2.24, 2.45) is 0 Å². The number of nitrogen functional groups attached to an aromatic ring is 1. The summed E-state index contributed by atoms with van der Waals surface area (Å²) in [6.45, 7) is 1.96. The number of aromatic nitrogens is 2. The molecule has 1 heterocycles. The first-order valence-electron chi connectivity index (χ1n) is 6.12. The summed E-state index contributed by atoms with van der Waals surface area (Å²) in [5.41, 5.74) is 6.38. The molecule has 20 heavy (non-hydrogen) atoms. The molecule has 4 N–H and O–H groups in total. The van der Waals surface area contributed by atoms with Crippen LogP contribution in [0, 0.1) is 11.6 Å². The van der Waals surface area contributed by atoms with E-state index in [4.69, 9.17) is 5.73 Å². The molecule has 0 spiro atoms. The number of halogens is 2. The highest BCUT2D eigenvalue weighted by Gasteiger charge is 2.18. The van der Waals surface area contributed by atoms with Gasteiger partial charge in [-0.3, -0.25) is 9.89 Å². The number of aryl methyl sites for hydroxylation is 1. The number of anilines is 2. The average Bonchev–Trinajstić information content (AvgIpc) is 2.77. The first kappa shape index (κ1) is 14.0. The van der Waals surface area contributed by atoms with Crippen LogP contribution in [0.25, 0.3) is 0 Å². The van der Waals surface area contributed by atoms with Crippen molar-refractivity contribution in [2.75, 3.05) is 11.1 Å². The fraction of sp³-hybridized carbons (Fsp3) is 0.231. The van der Waals surface area contributed by atoms with E-state index in [0.717, 1.165) is 12.5 Å². The predicted molar refractivity (Wildman–Crippen MR) is 71.3 cm³/mol. The van der Waals surface area contributed by atoms with Crippen molar-refractivity contribution in [1.29, 1.82) is 0 Å². The highest BCUT2D eigenvalue weighted by atomic mass is 19.2. The number of hydrogen-bond acceptors (Lipinski definition) is 3. The molecule has 2 aromatic rings. The molecule has 5 nitrogen and oxygen atoms in total. The molecule has 1 aromatic carbocycles. The number of amides is 1. The molecular weight excluding hydrogens is 266 g/mol. The number of rotatable bonds is 4. The molecule has 0 fully saturated rings. The van der Waals surface area contributed by atoms with Crippen LogP contribution in [-0.4, -0.2) is 16.1 Å². The molecule has 0 bridgehead atoms. The Labute approximate surface area is 114 Å². The Bertz CT molecular complexity index is 639. The van der Waals surface area contributed by atoms with Crippen molar-refractivity contribution in [3.8, 4) is 0 Å². The number of carbonyl (C=O) groups is 1. The Morgan fingerprint density at radius 2 is 2.20 bits per heavy atom. The monoisotopic (exact) mass is 280 g/mol. The Balaban J connectivity index is 2.22. The van der Waals surface area contributed by atoms with Crippen LogP contribution < -0.4 is 11.1 Å². The minimum atomic E-state index is -1.12. The van der Waals surface area contributed by atoms with Gasteiger partial charge in [0.25, 0.3) is 5.91 Å². The van der Waals surface area contributed by atoms with Crippen molar-refractivity contribution in [1.82, 2.24) is 10.2 Å². The molecule has 0 saturated carbocycles. The fourth-order valence-electron chi connectivity index (χ4n) is 1.78. The largest absolute Gasteiger partial charge is 0.395 e. The number of nitrogens with one attached hydrogen (secondary N) is 2. The molecule has 0 aliphatic carbocycles. The topological polar surface area (TPSA) is 83.8 Å². The molecule has 1 aromatic heterocycles. The predicted octanol–water partition coefficient (Wildman–Crippen LogP) is 2.47. The van der Waals surface area contributed by atoms with Crippen LogP contribution in [0.3, 0.4) is 0 Å². The molecule has 0 aliphatic heterocycles. The molecule has 0 radical (unpaired) electrons. The summed E-state index contributed by atoms with van der Waals surface area (Å²) in [6.07, 6.45) is 1.49. The maximum Gasteiger partial charge on any atom is 0.278 e. The highest BCUT2D eigenvalue weighted by Crippen LogP contribution is 2.20. The van der Waals surface area contributed by atoms with Crippen LogP contribution in [0.15, 0.2) is 18.2 Å². The van der Waals surface area contributed by atoms with Gasteiger partial charge in [-0.1, -0.05) is 19.4 Å². The quantitative estimate of drug-likeness (QED) is 0.804. The van der Waals surface area contributed by atoms with E-state index in [1.165, 1.54) is 12.1 Å². The minimum Gasteiger partial charge on any atom is -0.395 e. The molecule has 7 heteroatoms. The Morgan fingerprint density at radius 1 is 1.45 bits per heavy atom. The van der Waals surface area contributed by atoms with Gasteiger partial charge in [0.2, 0.25) is 0 Å². The van der Waals surface area contributed by atoms with Gasteiger partial charge in [-0.05, 0) is 18.6 Å². The van der Waals surface area contributed by atoms with Gasteiger partial charge in [-0.2, -0.15) is 5.10 Å². The third-order valence-electron chi connectivity index (χ3n) is 2.80. The van der Waals surface area contributed by atoms with Gasteiger partial charge in [-0.15, -0.1) is 0 Å². The van der Waals surface area contributed by atoms with Gasteiger partial charge in [0, 0.05) is 0 Å². The molecule has 106 valence electrons. The molecule has 2 rings (SSSR count). The van der Waals surface area contributed by atoms with E-state index in [1.807, 2.05) is 6.92 Å². The van der Waals surface area contributed by atoms with Crippen LogP contribution in [-0.2, 0) is 6.42 Å². The number of aromatic amines is 1. The molecule has 0 atom stereocenters. The standard InChI is InChI=1S/C13H14F2N4O/c1-2-4-9-11(16)12(19-18-9)13(20)17-8-6-3-5-7(14)10(8)15/h3,5-6H,2,4,16H2,1H3,(H,17,20)(H,18,19). The van der Waals surface area contributed by atoms with Crippen LogP contribution in [0.4, 0.5) is 20.2 Å². The van der Waals surface area contributed by atoms with Crippen LogP contribution in [0.1, 0.15) is 29.5 Å². The zero-order valence-corrected chi connectivity index (χ0v) is 10.8. The van der Waals surface area contributed by atoms with Crippen molar-refractivity contribution >= 4 is 17.3 Å². The highest BCUT2D eigenvalue weighted by molar-refractivity contribution is 6.06. The van der Waals surface area contributed by atoms with Crippen molar-refractivity contribution in [2.45, 2.75) is 19.8 Å². The lowest BCUT2D eigenvalue weighted by Crippen LogP contribution is -2.15. The van der Waals surface area contributed by atoms with E-state index in [9.17, 15) is 13.6 Å². The summed E-state index contributed by atoms with van der Waals surface area (Å²) >= 11 is 0. The van der Waals surface area contributed by atoms with Crippen LogP contribution >= 0.6 is 0 Å². The first-order valence-corrected chi connectivity index (χ1v) is 6.12. The molecule has 0 unspecified atom stereocenters. The number of hydrogen-bond donors (Lipinski definition) is 3. The molecular formula is C13H14F2N4O. The second-order valence-electron chi connectivity index (χ2n) is 4.27. The van der Waals surface area contributed by atoms with Gasteiger partial charge in [0.05, 0.1) is 17.1 Å². The average molecular weight is 280 g/mol. The summed E-state index contributed by atoms with van der Waals surface area (Å²) in [4.78, 5) is 12.0. The van der Waals surface area contributed by atoms with E-state index < -0.39 is 17.5 Å². The number of H-pyrrole nitrogens is 1. The molecule has 0 saturated heterocycles. The summed E-state index contributed by atoms with van der Waals surface area (Å²) in [6, 6.07) is 3.52. The number of nitrogens with two attached hydrogens (primary N) is 1. The first-order chi connectivity index (χ1) is 9.54. The lowest BCUT2D eigenvalue weighted by atomic mass is 10.2. The van der Waals surface area contributed by atoms with Crippen molar-refractivity contribution in [3.05, 3.63) is 41.2 Å². The summed E-state index contributed by atoms with van der Waals surface area (Å²) in [5.74, 6) is -2.85. The smallest absolute Gasteiger partial charge is 0.278 e. The second kappa shape index (κ2) is 5.68. The molecule has 1 amide bonds. The summed E-state index contributed by atoms with van der Waals surface area (Å²) < 4.78 is 26.5. The van der Waals surface area contributed by atoms with E-state index in [1.54, 1.807) is 0 Å². The van der Waals surface area contributed by atoms with Gasteiger partial charge >= 0.3 is 0 Å². The zero-order chi connectivity index (χ0) is 14.7. The number of carbonyl (C=O) groups excluding carboxylic acids is 1. The Kier molecular flexibility index (Phi) is 3.97. The minimum absolute atomic E-state index is 0.0305. The number of benzene rings is 1. The maximum atomic E-state index is 13.5. The zero-order valence-electron chi connectivity index (χ0n) is 10.8. The maximum absolute atomic E-state index is 13.5.